The first-order chi connectivity index (χ1) is 12.3. The van der Waals surface area contributed by atoms with Gasteiger partial charge >= 0.3 is 0 Å². The van der Waals surface area contributed by atoms with Gasteiger partial charge in [0.25, 0.3) is 0 Å². The summed E-state index contributed by atoms with van der Waals surface area (Å²) in [4.78, 5) is 12.9. The zero-order chi connectivity index (χ0) is 17.5. The SMILES string of the molecule is CCNc1nnc(SC(C(=O)Nc2ccccc2)c2ccccc2)s1. The molecular formula is C18H18N4OS2. The summed E-state index contributed by atoms with van der Waals surface area (Å²) in [5.41, 5.74) is 1.71. The lowest BCUT2D eigenvalue weighted by molar-refractivity contribution is -0.115. The second-order valence-corrected chi connectivity index (χ2v) is 7.50. The van der Waals surface area contributed by atoms with E-state index < -0.39 is 5.25 Å². The summed E-state index contributed by atoms with van der Waals surface area (Å²) in [5.74, 6) is -0.0809. The van der Waals surface area contributed by atoms with E-state index in [0.717, 1.165) is 27.3 Å². The molecule has 0 spiro atoms. The van der Waals surface area contributed by atoms with Gasteiger partial charge < -0.3 is 10.6 Å². The molecule has 0 radical (unpaired) electrons. The van der Waals surface area contributed by atoms with Gasteiger partial charge in [-0.1, -0.05) is 71.6 Å². The minimum Gasteiger partial charge on any atom is -0.360 e. The summed E-state index contributed by atoms with van der Waals surface area (Å²) in [5, 5.41) is 14.8. The molecule has 1 atom stereocenters. The van der Waals surface area contributed by atoms with Crippen LogP contribution in [-0.2, 0) is 4.79 Å². The number of nitrogens with zero attached hydrogens (tertiary/aromatic N) is 2. The number of carbonyl (C=O) groups excluding carboxylic acids is 1. The van der Waals surface area contributed by atoms with Crippen molar-refractivity contribution in [3.05, 3.63) is 66.2 Å². The maximum atomic E-state index is 12.9. The molecule has 7 heteroatoms. The predicted molar refractivity (Wildman–Crippen MR) is 104 cm³/mol. The molecule has 5 nitrogen and oxygen atoms in total. The molecule has 1 unspecified atom stereocenters. The number of thioether (sulfide) groups is 1. The van der Waals surface area contributed by atoms with Crippen LogP contribution in [0.1, 0.15) is 17.7 Å². The Balaban J connectivity index is 1.80. The Morgan fingerprint density at radius 1 is 1.08 bits per heavy atom. The van der Waals surface area contributed by atoms with Crippen molar-refractivity contribution in [2.75, 3.05) is 17.2 Å². The quantitative estimate of drug-likeness (QED) is 0.602. The Labute approximate surface area is 154 Å². The molecule has 0 saturated heterocycles. The molecule has 1 amide bonds. The van der Waals surface area contributed by atoms with E-state index in [4.69, 9.17) is 0 Å². The fourth-order valence-corrected chi connectivity index (χ4v) is 4.22. The summed E-state index contributed by atoms with van der Waals surface area (Å²) in [6.45, 7) is 2.80. The summed E-state index contributed by atoms with van der Waals surface area (Å²) in [6, 6.07) is 19.2. The van der Waals surface area contributed by atoms with Gasteiger partial charge in [0.05, 0.1) is 0 Å². The van der Waals surface area contributed by atoms with Gasteiger partial charge in [0.1, 0.15) is 5.25 Å². The number of carbonyl (C=O) groups is 1. The first kappa shape index (κ1) is 17.4. The molecule has 3 rings (SSSR count). The van der Waals surface area contributed by atoms with Crippen molar-refractivity contribution >= 4 is 39.8 Å². The Kier molecular flexibility index (Phi) is 6.03. The second kappa shape index (κ2) is 8.64. The van der Waals surface area contributed by atoms with Crippen molar-refractivity contribution in [1.29, 1.82) is 0 Å². The third kappa shape index (κ3) is 4.80. The molecule has 1 aromatic heterocycles. The Bertz CT molecular complexity index is 808. The smallest absolute Gasteiger partial charge is 0.242 e. The van der Waals surface area contributed by atoms with E-state index in [1.165, 1.54) is 23.1 Å². The average Bonchev–Trinajstić information content (AvgIpc) is 3.09. The molecule has 1 heterocycles. The van der Waals surface area contributed by atoms with Gasteiger partial charge in [-0.2, -0.15) is 0 Å². The van der Waals surface area contributed by atoms with Crippen LogP contribution in [0, 0.1) is 0 Å². The van der Waals surface area contributed by atoms with Crippen LogP contribution in [0.25, 0.3) is 0 Å². The minimum absolute atomic E-state index is 0.0809. The van der Waals surface area contributed by atoms with Gasteiger partial charge in [-0.3, -0.25) is 4.79 Å². The highest BCUT2D eigenvalue weighted by Crippen LogP contribution is 2.38. The van der Waals surface area contributed by atoms with Crippen molar-refractivity contribution in [2.24, 2.45) is 0 Å². The lowest BCUT2D eigenvalue weighted by atomic mass is 10.1. The molecule has 0 aliphatic carbocycles. The zero-order valence-corrected chi connectivity index (χ0v) is 15.3. The van der Waals surface area contributed by atoms with Gasteiger partial charge in [-0.05, 0) is 24.6 Å². The third-order valence-electron chi connectivity index (χ3n) is 3.33. The zero-order valence-electron chi connectivity index (χ0n) is 13.7. The van der Waals surface area contributed by atoms with Crippen molar-refractivity contribution < 1.29 is 4.79 Å². The van der Waals surface area contributed by atoms with E-state index in [2.05, 4.69) is 20.8 Å². The number of benzene rings is 2. The van der Waals surface area contributed by atoms with Crippen LogP contribution >= 0.6 is 23.1 Å². The van der Waals surface area contributed by atoms with Gasteiger partial charge in [-0.25, -0.2) is 0 Å². The number of aromatic nitrogens is 2. The molecule has 2 aromatic carbocycles. The maximum absolute atomic E-state index is 12.9. The van der Waals surface area contributed by atoms with Gasteiger partial charge in [0.15, 0.2) is 4.34 Å². The van der Waals surface area contributed by atoms with Gasteiger partial charge in [0.2, 0.25) is 11.0 Å². The molecular weight excluding hydrogens is 352 g/mol. The Morgan fingerprint density at radius 2 is 1.76 bits per heavy atom. The van der Waals surface area contributed by atoms with Gasteiger partial charge in [0, 0.05) is 12.2 Å². The maximum Gasteiger partial charge on any atom is 0.242 e. The first-order valence-corrected chi connectivity index (χ1v) is 9.60. The highest BCUT2D eigenvalue weighted by atomic mass is 32.2. The number of rotatable bonds is 7. The summed E-state index contributed by atoms with van der Waals surface area (Å²) in [6.07, 6.45) is 0. The molecule has 2 N–H and O–H groups in total. The fraction of sp³-hybridized carbons (Fsp3) is 0.167. The highest BCUT2D eigenvalue weighted by Gasteiger charge is 2.24. The number of para-hydroxylation sites is 1. The van der Waals surface area contributed by atoms with E-state index in [-0.39, 0.29) is 5.91 Å². The first-order valence-electron chi connectivity index (χ1n) is 7.91. The number of hydrogen-bond donors (Lipinski definition) is 2. The molecule has 3 aromatic rings. The van der Waals surface area contributed by atoms with E-state index in [9.17, 15) is 4.79 Å². The molecule has 0 bridgehead atoms. The largest absolute Gasteiger partial charge is 0.360 e. The number of hydrogen-bond acceptors (Lipinski definition) is 6. The van der Waals surface area contributed by atoms with Crippen LogP contribution in [0.5, 0.6) is 0 Å². The van der Waals surface area contributed by atoms with Crippen molar-refractivity contribution in [3.63, 3.8) is 0 Å². The van der Waals surface area contributed by atoms with E-state index in [0.29, 0.717) is 0 Å². The van der Waals surface area contributed by atoms with Crippen LogP contribution in [0.3, 0.4) is 0 Å². The Morgan fingerprint density at radius 3 is 2.44 bits per heavy atom. The highest BCUT2D eigenvalue weighted by molar-refractivity contribution is 8.02. The van der Waals surface area contributed by atoms with Gasteiger partial charge in [-0.15, -0.1) is 10.2 Å². The van der Waals surface area contributed by atoms with Crippen molar-refractivity contribution in [3.8, 4) is 0 Å². The van der Waals surface area contributed by atoms with Crippen LogP contribution < -0.4 is 10.6 Å². The molecule has 0 fully saturated rings. The van der Waals surface area contributed by atoms with Crippen LogP contribution in [0.15, 0.2) is 65.0 Å². The summed E-state index contributed by atoms with van der Waals surface area (Å²) >= 11 is 2.86. The summed E-state index contributed by atoms with van der Waals surface area (Å²) < 4.78 is 0.757. The molecule has 0 aliphatic heterocycles. The monoisotopic (exact) mass is 370 g/mol. The van der Waals surface area contributed by atoms with Crippen molar-refractivity contribution in [1.82, 2.24) is 10.2 Å². The number of nitrogens with one attached hydrogen (secondary N) is 2. The standard InChI is InChI=1S/C18H18N4OS2/c1-2-19-17-21-22-18(25-17)24-15(13-9-5-3-6-10-13)16(23)20-14-11-7-4-8-12-14/h3-12,15H,2H2,1H3,(H,19,21)(H,20,23). The van der Waals surface area contributed by atoms with E-state index >= 15 is 0 Å². The summed E-state index contributed by atoms with van der Waals surface area (Å²) in [7, 11) is 0. The number of anilines is 2. The van der Waals surface area contributed by atoms with Crippen LogP contribution in [0.2, 0.25) is 0 Å². The topological polar surface area (TPSA) is 66.9 Å². The predicted octanol–water partition coefficient (Wildman–Crippen LogP) is 4.44. The normalized spacial score (nSPS) is 11.7. The molecule has 128 valence electrons. The minimum atomic E-state index is -0.399. The van der Waals surface area contributed by atoms with E-state index in [1.54, 1.807) is 0 Å². The van der Waals surface area contributed by atoms with Crippen LogP contribution in [-0.4, -0.2) is 22.6 Å². The Hall–Kier alpha value is -2.38. The lowest BCUT2D eigenvalue weighted by Crippen LogP contribution is -2.18. The molecule has 0 aliphatic rings. The van der Waals surface area contributed by atoms with Crippen molar-refractivity contribution in [2.45, 2.75) is 16.5 Å². The van der Waals surface area contributed by atoms with Crippen LogP contribution in [0.4, 0.5) is 10.8 Å². The molecule has 0 saturated carbocycles. The third-order valence-corrected chi connectivity index (χ3v) is 5.55. The number of amides is 1. The lowest BCUT2D eigenvalue weighted by Gasteiger charge is -2.15. The van der Waals surface area contributed by atoms with E-state index in [1.807, 2.05) is 67.6 Å². The fourth-order valence-electron chi connectivity index (χ4n) is 2.21. The second-order valence-electron chi connectivity index (χ2n) is 5.17. The average molecular weight is 371 g/mol. The molecule has 25 heavy (non-hydrogen) atoms.